The van der Waals surface area contributed by atoms with Crippen molar-refractivity contribution in [3.63, 3.8) is 0 Å². The second-order valence-corrected chi connectivity index (χ2v) is 8.24. The van der Waals surface area contributed by atoms with E-state index in [-0.39, 0.29) is 11.7 Å². The first-order valence-electron chi connectivity index (χ1n) is 10.3. The van der Waals surface area contributed by atoms with Gasteiger partial charge in [0.15, 0.2) is 5.69 Å². The van der Waals surface area contributed by atoms with Crippen molar-refractivity contribution in [1.82, 2.24) is 15.0 Å². The molecular formula is C23H27N6OS+. The van der Waals surface area contributed by atoms with Crippen LogP contribution in [-0.4, -0.2) is 59.4 Å². The Morgan fingerprint density at radius 2 is 1.87 bits per heavy atom. The number of anilines is 2. The summed E-state index contributed by atoms with van der Waals surface area (Å²) in [5.41, 5.74) is 2.97. The number of nitrogens with zero attached hydrogens (tertiary/aromatic N) is 4. The smallest absolute Gasteiger partial charge is 0.369 e. The lowest BCUT2D eigenvalue weighted by Crippen LogP contribution is -2.46. The Bertz CT molecular complexity index is 996. The third kappa shape index (κ3) is 5.53. The third-order valence-corrected chi connectivity index (χ3v) is 6.13. The van der Waals surface area contributed by atoms with E-state index in [1.165, 1.54) is 17.4 Å². The predicted molar refractivity (Wildman–Crippen MR) is 125 cm³/mol. The van der Waals surface area contributed by atoms with Gasteiger partial charge in [0.05, 0.1) is 5.75 Å². The number of rotatable bonds is 8. The molecule has 1 amide bonds. The lowest BCUT2D eigenvalue weighted by atomic mass is 10.2. The van der Waals surface area contributed by atoms with E-state index in [0.29, 0.717) is 0 Å². The molecule has 0 spiro atoms. The number of hydrogen-bond donors (Lipinski definition) is 2. The summed E-state index contributed by atoms with van der Waals surface area (Å²) in [6, 6.07) is 18.0. The van der Waals surface area contributed by atoms with Crippen molar-refractivity contribution in [3.05, 3.63) is 73.6 Å². The van der Waals surface area contributed by atoms with Crippen LogP contribution in [0.2, 0.25) is 0 Å². The third-order valence-electron chi connectivity index (χ3n) is 5.18. The van der Waals surface area contributed by atoms with E-state index in [2.05, 4.69) is 43.9 Å². The number of aromatic amines is 1. The second kappa shape index (κ2) is 10.3. The Morgan fingerprint density at radius 3 is 2.58 bits per heavy atom. The molecule has 0 atom stereocenters. The van der Waals surface area contributed by atoms with Gasteiger partial charge in [0.1, 0.15) is 0 Å². The van der Waals surface area contributed by atoms with Crippen LogP contribution in [0.25, 0.3) is 5.69 Å². The molecule has 4 rings (SSSR count). The number of carbonyl (C=O) groups is 1. The maximum Gasteiger partial charge on any atom is 0.385 e. The molecule has 0 unspecified atom stereocenters. The fourth-order valence-corrected chi connectivity index (χ4v) is 4.32. The first-order chi connectivity index (χ1) is 15.2. The summed E-state index contributed by atoms with van der Waals surface area (Å²) in [6.45, 7) is 8.84. The number of carbonyl (C=O) groups excluding carboxylic acids is 1. The highest BCUT2D eigenvalue weighted by Crippen LogP contribution is 2.20. The number of thioether (sulfide) groups is 1. The molecule has 7 nitrogen and oxygen atoms in total. The summed E-state index contributed by atoms with van der Waals surface area (Å²) >= 11 is 1.39. The molecule has 0 aliphatic carbocycles. The second-order valence-electron chi connectivity index (χ2n) is 7.30. The minimum absolute atomic E-state index is 0.0570. The van der Waals surface area contributed by atoms with Crippen LogP contribution >= 0.6 is 11.8 Å². The molecule has 31 heavy (non-hydrogen) atoms. The molecule has 2 N–H and O–H groups in total. The van der Waals surface area contributed by atoms with Crippen LogP contribution in [0.5, 0.6) is 0 Å². The number of H-pyrrole nitrogens is 1. The average Bonchev–Trinajstić information content (AvgIpc) is 3.28. The average molecular weight is 436 g/mol. The Balaban J connectivity index is 1.28. The molecule has 1 saturated heterocycles. The molecular weight excluding hydrogens is 408 g/mol. The monoisotopic (exact) mass is 435 g/mol. The summed E-state index contributed by atoms with van der Waals surface area (Å²) < 4.78 is 1.86. The Hall–Kier alpha value is -3.10. The fraction of sp³-hybridized carbons (Fsp3) is 0.261. The van der Waals surface area contributed by atoms with Crippen LogP contribution in [0, 0.1) is 0 Å². The fourth-order valence-electron chi connectivity index (χ4n) is 3.57. The highest BCUT2D eigenvalue weighted by molar-refractivity contribution is 7.99. The maximum absolute atomic E-state index is 12.4. The van der Waals surface area contributed by atoms with Crippen molar-refractivity contribution < 1.29 is 9.48 Å². The molecule has 1 aromatic heterocycles. The minimum Gasteiger partial charge on any atom is -0.369 e. The van der Waals surface area contributed by atoms with Gasteiger partial charge in [0.25, 0.3) is 0 Å². The van der Waals surface area contributed by atoms with Crippen molar-refractivity contribution >= 4 is 29.0 Å². The lowest BCUT2D eigenvalue weighted by molar-refractivity contribution is -0.694. The predicted octanol–water partition coefficient (Wildman–Crippen LogP) is 2.73. The van der Waals surface area contributed by atoms with Gasteiger partial charge in [-0.05, 0) is 53.1 Å². The zero-order valence-electron chi connectivity index (χ0n) is 17.4. The van der Waals surface area contributed by atoms with Crippen LogP contribution in [0.3, 0.4) is 0 Å². The van der Waals surface area contributed by atoms with Crippen LogP contribution in [-0.2, 0) is 4.79 Å². The number of benzene rings is 2. The van der Waals surface area contributed by atoms with Gasteiger partial charge in [-0.2, -0.15) is 5.10 Å². The quantitative estimate of drug-likeness (QED) is 0.324. The SMILES string of the molecule is C=CCN1CCN(c2ccc(NC(=O)CSc3nc[nH][n+]3-c3ccccc3)cc2)CC1. The summed E-state index contributed by atoms with van der Waals surface area (Å²) in [4.78, 5) is 21.5. The summed E-state index contributed by atoms with van der Waals surface area (Å²) in [6.07, 6.45) is 3.59. The highest BCUT2D eigenvalue weighted by atomic mass is 32.2. The number of hydrogen-bond acceptors (Lipinski definition) is 5. The molecule has 1 aliphatic heterocycles. The van der Waals surface area contributed by atoms with Crippen molar-refractivity contribution in [1.29, 1.82) is 0 Å². The molecule has 2 heterocycles. The normalized spacial score (nSPS) is 14.4. The van der Waals surface area contributed by atoms with E-state index >= 15 is 0 Å². The van der Waals surface area contributed by atoms with Crippen molar-refractivity contribution in [2.24, 2.45) is 0 Å². The van der Waals surface area contributed by atoms with E-state index in [9.17, 15) is 4.79 Å². The van der Waals surface area contributed by atoms with Gasteiger partial charge in [-0.3, -0.25) is 9.69 Å². The summed E-state index contributed by atoms with van der Waals surface area (Å²) in [5.74, 6) is 0.225. The van der Waals surface area contributed by atoms with E-state index in [1.54, 1.807) is 6.33 Å². The van der Waals surface area contributed by atoms with E-state index in [4.69, 9.17) is 0 Å². The van der Waals surface area contributed by atoms with E-state index < -0.39 is 0 Å². The number of aromatic nitrogens is 3. The highest BCUT2D eigenvalue weighted by Gasteiger charge is 2.19. The molecule has 0 radical (unpaired) electrons. The Labute approximate surface area is 186 Å². The molecule has 160 valence electrons. The molecule has 3 aromatic rings. The van der Waals surface area contributed by atoms with Crippen molar-refractivity contribution in [2.45, 2.75) is 5.16 Å². The van der Waals surface area contributed by atoms with Crippen molar-refractivity contribution in [3.8, 4) is 5.69 Å². The van der Waals surface area contributed by atoms with E-state index in [1.807, 2.05) is 53.2 Å². The van der Waals surface area contributed by atoms with E-state index in [0.717, 1.165) is 49.3 Å². The van der Waals surface area contributed by atoms with Gasteiger partial charge in [0, 0.05) is 44.1 Å². The first kappa shape index (κ1) is 21.1. The zero-order valence-corrected chi connectivity index (χ0v) is 18.2. The number of amides is 1. The van der Waals surface area contributed by atoms with Gasteiger partial charge >= 0.3 is 5.16 Å². The van der Waals surface area contributed by atoms with Crippen molar-refractivity contribution in [2.75, 3.05) is 48.7 Å². The number of para-hydroxylation sites is 1. The van der Waals surface area contributed by atoms with Crippen LogP contribution in [0.15, 0.2) is 78.7 Å². The minimum atomic E-state index is -0.0570. The molecule has 8 heteroatoms. The number of piperazine rings is 1. The summed E-state index contributed by atoms with van der Waals surface area (Å²) in [7, 11) is 0. The van der Waals surface area contributed by atoms with Crippen LogP contribution < -0.4 is 14.9 Å². The Morgan fingerprint density at radius 1 is 1.13 bits per heavy atom. The molecule has 0 saturated carbocycles. The van der Waals surface area contributed by atoms with Gasteiger partial charge in [-0.1, -0.05) is 24.3 Å². The molecule has 1 aliphatic rings. The standard InChI is InChI=1S/C23H26N6OS/c1-2-12-27-13-15-28(16-14-27)20-10-8-19(9-11-20)26-22(30)17-31-23-24-18-25-29(23)21-6-4-3-5-7-21/h2-11,18H,1,12-17H2,(H,26,30)/p+1. The molecule has 1 fully saturated rings. The van der Waals surface area contributed by atoms with Crippen LogP contribution in [0.1, 0.15) is 0 Å². The topological polar surface area (TPSA) is 68.1 Å². The van der Waals surface area contributed by atoms with Crippen LogP contribution in [0.4, 0.5) is 11.4 Å². The summed E-state index contributed by atoms with van der Waals surface area (Å²) in [5, 5.41) is 6.80. The zero-order chi connectivity index (χ0) is 21.5. The van der Waals surface area contributed by atoms with Gasteiger partial charge in [0.2, 0.25) is 12.2 Å². The first-order valence-corrected chi connectivity index (χ1v) is 11.3. The largest absolute Gasteiger partial charge is 0.385 e. The van der Waals surface area contributed by atoms with Gasteiger partial charge in [-0.15, -0.1) is 11.3 Å². The van der Waals surface area contributed by atoms with Gasteiger partial charge < -0.3 is 10.2 Å². The lowest BCUT2D eigenvalue weighted by Gasteiger charge is -2.35. The van der Waals surface area contributed by atoms with Gasteiger partial charge in [-0.25, -0.2) is 0 Å². The molecule has 2 aromatic carbocycles. The molecule has 0 bridgehead atoms. The Kier molecular flexibility index (Phi) is 7.01. The maximum atomic E-state index is 12.4. The number of nitrogens with one attached hydrogen (secondary N) is 2.